The zero-order valence-electron chi connectivity index (χ0n) is 11.4. The van der Waals surface area contributed by atoms with Crippen molar-refractivity contribution in [2.45, 2.75) is 6.10 Å². The molecular formula is C15H13Br3O3. The Kier molecular flexibility index (Phi) is 5.71. The summed E-state index contributed by atoms with van der Waals surface area (Å²) in [4.78, 5) is 0. The molecule has 0 heterocycles. The summed E-state index contributed by atoms with van der Waals surface area (Å²) in [7, 11) is 3.14. The molecular weight excluding hydrogens is 468 g/mol. The smallest absolute Gasteiger partial charge is 0.161 e. The van der Waals surface area contributed by atoms with Crippen LogP contribution in [0.2, 0.25) is 0 Å². The summed E-state index contributed by atoms with van der Waals surface area (Å²) in [6.45, 7) is 0. The molecule has 0 bridgehead atoms. The summed E-state index contributed by atoms with van der Waals surface area (Å²) in [5, 5.41) is 10.7. The first kappa shape index (κ1) is 16.8. The van der Waals surface area contributed by atoms with Crippen molar-refractivity contribution in [2.75, 3.05) is 14.2 Å². The van der Waals surface area contributed by atoms with Gasteiger partial charge in [0.1, 0.15) is 6.10 Å². The Morgan fingerprint density at radius 2 is 1.43 bits per heavy atom. The number of methoxy groups -OCH3 is 2. The van der Waals surface area contributed by atoms with Crippen LogP contribution in [0.3, 0.4) is 0 Å². The Hall–Kier alpha value is -0.560. The van der Waals surface area contributed by atoms with Crippen LogP contribution in [0.1, 0.15) is 17.2 Å². The highest BCUT2D eigenvalue weighted by Gasteiger charge is 2.19. The van der Waals surface area contributed by atoms with Gasteiger partial charge in [0.05, 0.1) is 14.2 Å². The monoisotopic (exact) mass is 478 g/mol. The van der Waals surface area contributed by atoms with E-state index in [2.05, 4.69) is 47.8 Å². The van der Waals surface area contributed by atoms with Gasteiger partial charge < -0.3 is 14.6 Å². The minimum Gasteiger partial charge on any atom is -0.493 e. The number of aliphatic hydroxyl groups excluding tert-OH is 1. The van der Waals surface area contributed by atoms with Crippen LogP contribution in [0.15, 0.2) is 43.7 Å². The summed E-state index contributed by atoms with van der Waals surface area (Å²) in [5.41, 5.74) is 1.47. The Labute approximate surface area is 148 Å². The third kappa shape index (κ3) is 3.62. The zero-order chi connectivity index (χ0) is 15.6. The fourth-order valence-electron chi connectivity index (χ4n) is 1.97. The van der Waals surface area contributed by atoms with Gasteiger partial charge in [-0.15, -0.1) is 0 Å². The van der Waals surface area contributed by atoms with Gasteiger partial charge in [-0.3, -0.25) is 0 Å². The second-order valence-corrected chi connectivity index (χ2v) is 6.92. The van der Waals surface area contributed by atoms with Crippen LogP contribution in [-0.4, -0.2) is 19.3 Å². The largest absolute Gasteiger partial charge is 0.493 e. The van der Waals surface area contributed by atoms with Gasteiger partial charge in [0.25, 0.3) is 0 Å². The summed E-state index contributed by atoms with van der Waals surface area (Å²) >= 11 is 10.3. The van der Waals surface area contributed by atoms with Crippen molar-refractivity contribution in [2.24, 2.45) is 0 Å². The normalized spacial score (nSPS) is 12.1. The molecule has 1 N–H and O–H groups in total. The zero-order valence-corrected chi connectivity index (χ0v) is 16.1. The third-order valence-electron chi connectivity index (χ3n) is 3.05. The SMILES string of the molecule is COc1cc(Br)c(C(O)c2ccc(Br)cc2Br)cc1OC. The average Bonchev–Trinajstić information content (AvgIpc) is 2.46. The van der Waals surface area contributed by atoms with Crippen molar-refractivity contribution in [3.05, 3.63) is 54.9 Å². The molecule has 0 aliphatic carbocycles. The molecule has 0 radical (unpaired) electrons. The van der Waals surface area contributed by atoms with E-state index in [-0.39, 0.29) is 0 Å². The number of benzene rings is 2. The summed E-state index contributed by atoms with van der Waals surface area (Å²) in [5.74, 6) is 1.18. The lowest BCUT2D eigenvalue weighted by Gasteiger charge is -2.18. The van der Waals surface area contributed by atoms with Gasteiger partial charge in [-0.2, -0.15) is 0 Å². The Morgan fingerprint density at radius 1 is 0.857 bits per heavy atom. The molecule has 0 aromatic heterocycles. The van der Waals surface area contributed by atoms with E-state index < -0.39 is 6.10 Å². The van der Waals surface area contributed by atoms with Gasteiger partial charge in [0, 0.05) is 19.0 Å². The topological polar surface area (TPSA) is 38.7 Å². The van der Waals surface area contributed by atoms with Crippen molar-refractivity contribution in [1.82, 2.24) is 0 Å². The van der Waals surface area contributed by atoms with Crippen LogP contribution in [-0.2, 0) is 0 Å². The molecule has 2 aromatic rings. The molecule has 0 amide bonds. The molecule has 112 valence electrons. The number of rotatable bonds is 4. The van der Waals surface area contributed by atoms with Crippen molar-refractivity contribution >= 4 is 47.8 Å². The van der Waals surface area contributed by atoms with E-state index in [1.54, 1.807) is 26.4 Å². The third-order valence-corrected chi connectivity index (χ3v) is 4.92. The molecule has 21 heavy (non-hydrogen) atoms. The minimum atomic E-state index is -0.790. The highest BCUT2D eigenvalue weighted by atomic mass is 79.9. The number of aliphatic hydroxyl groups is 1. The van der Waals surface area contributed by atoms with Crippen molar-refractivity contribution in [1.29, 1.82) is 0 Å². The molecule has 0 aliphatic heterocycles. The summed E-state index contributed by atoms with van der Waals surface area (Å²) in [6, 6.07) is 9.19. The fraction of sp³-hybridized carbons (Fsp3) is 0.200. The maximum Gasteiger partial charge on any atom is 0.161 e. The lowest BCUT2D eigenvalue weighted by molar-refractivity contribution is 0.218. The van der Waals surface area contributed by atoms with Crippen molar-refractivity contribution < 1.29 is 14.6 Å². The Bertz CT molecular complexity index is 659. The first-order valence-corrected chi connectivity index (χ1v) is 8.40. The molecule has 1 atom stereocenters. The number of ether oxygens (including phenoxy) is 2. The van der Waals surface area contributed by atoms with Gasteiger partial charge in [-0.25, -0.2) is 0 Å². The predicted molar refractivity (Wildman–Crippen MR) is 93.1 cm³/mol. The molecule has 0 saturated carbocycles. The van der Waals surface area contributed by atoms with Crippen LogP contribution in [0.4, 0.5) is 0 Å². The number of halogens is 3. The Morgan fingerprint density at radius 3 is 2.00 bits per heavy atom. The van der Waals surface area contributed by atoms with E-state index >= 15 is 0 Å². The molecule has 3 nitrogen and oxygen atoms in total. The van der Waals surface area contributed by atoms with Crippen molar-refractivity contribution in [3.8, 4) is 11.5 Å². The first-order chi connectivity index (χ1) is 9.97. The average molecular weight is 481 g/mol. The van der Waals surface area contributed by atoms with Gasteiger partial charge in [0.2, 0.25) is 0 Å². The van der Waals surface area contributed by atoms with Crippen LogP contribution < -0.4 is 9.47 Å². The molecule has 1 unspecified atom stereocenters. The lowest BCUT2D eigenvalue weighted by Crippen LogP contribution is -2.03. The van der Waals surface area contributed by atoms with E-state index in [1.165, 1.54) is 0 Å². The molecule has 2 rings (SSSR count). The van der Waals surface area contributed by atoms with Gasteiger partial charge in [0.15, 0.2) is 11.5 Å². The van der Waals surface area contributed by atoms with Crippen LogP contribution in [0, 0.1) is 0 Å². The second kappa shape index (κ2) is 7.13. The van der Waals surface area contributed by atoms with E-state index in [4.69, 9.17) is 9.47 Å². The van der Waals surface area contributed by atoms with Crippen LogP contribution in [0.5, 0.6) is 11.5 Å². The van der Waals surface area contributed by atoms with Gasteiger partial charge in [-0.05, 0) is 29.8 Å². The minimum absolute atomic E-state index is 0.572. The van der Waals surface area contributed by atoms with E-state index in [0.29, 0.717) is 17.1 Å². The molecule has 0 saturated heterocycles. The number of hydrogen-bond acceptors (Lipinski definition) is 3. The van der Waals surface area contributed by atoms with Gasteiger partial charge in [-0.1, -0.05) is 53.9 Å². The lowest BCUT2D eigenvalue weighted by atomic mass is 10.0. The quantitative estimate of drug-likeness (QED) is 0.663. The van der Waals surface area contributed by atoms with E-state index in [0.717, 1.165) is 19.0 Å². The Balaban J connectivity index is 2.50. The summed E-state index contributed by atoms with van der Waals surface area (Å²) in [6.07, 6.45) is -0.790. The fourth-order valence-corrected chi connectivity index (χ4v) is 3.77. The van der Waals surface area contributed by atoms with Crippen LogP contribution >= 0.6 is 47.8 Å². The van der Waals surface area contributed by atoms with E-state index in [9.17, 15) is 5.11 Å². The molecule has 0 aliphatic rings. The molecule has 6 heteroatoms. The predicted octanol–water partition coefficient (Wildman–Crippen LogP) is 5.07. The van der Waals surface area contributed by atoms with Gasteiger partial charge >= 0.3 is 0 Å². The summed E-state index contributed by atoms with van der Waals surface area (Å²) < 4.78 is 13.1. The van der Waals surface area contributed by atoms with Crippen LogP contribution in [0.25, 0.3) is 0 Å². The first-order valence-electron chi connectivity index (χ1n) is 6.02. The molecule has 0 fully saturated rings. The molecule has 2 aromatic carbocycles. The molecule has 0 spiro atoms. The maximum absolute atomic E-state index is 10.7. The standard InChI is InChI=1S/C15H13Br3O3/c1-20-13-6-10(12(18)7-14(13)21-2)15(19)9-4-3-8(16)5-11(9)17/h3-7,15,19H,1-2H3. The van der Waals surface area contributed by atoms with Crippen molar-refractivity contribution in [3.63, 3.8) is 0 Å². The second-order valence-electron chi connectivity index (χ2n) is 4.30. The maximum atomic E-state index is 10.7. The number of hydrogen-bond donors (Lipinski definition) is 1. The van der Waals surface area contributed by atoms with E-state index in [1.807, 2.05) is 18.2 Å². The highest BCUT2D eigenvalue weighted by Crippen LogP contribution is 2.39. The highest BCUT2D eigenvalue weighted by molar-refractivity contribution is 9.11.